The minimum atomic E-state index is -4.50. The predicted octanol–water partition coefficient (Wildman–Crippen LogP) is 1.74. The van der Waals surface area contributed by atoms with E-state index in [1.165, 1.54) is 0 Å². The first-order chi connectivity index (χ1) is 9.97. The molecule has 21 heavy (non-hydrogen) atoms. The molecule has 0 atom stereocenters. The van der Waals surface area contributed by atoms with E-state index in [9.17, 15) is 18.0 Å². The van der Waals surface area contributed by atoms with Gasteiger partial charge in [0.05, 0.1) is 11.7 Å². The Morgan fingerprint density at radius 1 is 1.33 bits per heavy atom. The number of nitrogens with one attached hydrogen (secondary N) is 2. The fourth-order valence-corrected chi connectivity index (χ4v) is 2.82. The van der Waals surface area contributed by atoms with Crippen molar-refractivity contribution < 1.29 is 13.2 Å². The van der Waals surface area contributed by atoms with Gasteiger partial charge in [-0.15, -0.1) is 0 Å². The minimum Gasteiger partial charge on any atom is -0.321 e. The number of nitrogens with zero attached hydrogens (tertiary/aromatic N) is 2. The number of halogens is 3. The molecular formula is C13H15F3N4O. The highest BCUT2D eigenvalue weighted by Crippen LogP contribution is 2.33. The Kier molecular flexibility index (Phi) is 3.48. The Balaban J connectivity index is 2.09. The van der Waals surface area contributed by atoms with E-state index in [2.05, 4.69) is 15.3 Å². The molecule has 0 spiro atoms. The summed E-state index contributed by atoms with van der Waals surface area (Å²) in [5.41, 5.74) is -1.25. The highest BCUT2D eigenvalue weighted by atomic mass is 19.4. The second kappa shape index (κ2) is 5.18. The largest absolute Gasteiger partial charge is 0.431 e. The number of alkyl halides is 3. The van der Waals surface area contributed by atoms with Crippen molar-refractivity contribution in [3.8, 4) is 0 Å². The molecule has 3 rings (SSSR count). The van der Waals surface area contributed by atoms with Gasteiger partial charge in [-0.3, -0.25) is 4.79 Å². The van der Waals surface area contributed by atoms with Crippen LogP contribution in [0.5, 0.6) is 0 Å². The highest BCUT2D eigenvalue weighted by molar-refractivity contribution is 5.76. The number of hydrogen-bond donors (Lipinski definition) is 2. The zero-order valence-corrected chi connectivity index (χ0v) is 11.2. The second-order valence-corrected chi connectivity index (χ2v) is 5.30. The summed E-state index contributed by atoms with van der Waals surface area (Å²) >= 11 is 0. The maximum atomic E-state index is 13.2. The Morgan fingerprint density at radius 3 is 2.71 bits per heavy atom. The lowest BCUT2D eigenvalue weighted by Gasteiger charge is -2.24. The van der Waals surface area contributed by atoms with E-state index in [1.807, 2.05) is 0 Å². The molecule has 1 aliphatic heterocycles. The summed E-state index contributed by atoms with van der Waals surface area (Å²) in [6, 6.07) is 0.891. The number of fused-ring (bicyclic) bond motifs is 1. The fourth-order valence-electron chi connectivity index (χ4n) is 2.82. The van der Waals surface area contributed by atoms with E-state index in [4.69, 9.17) is 0 Å². The molecule has 0 unspecified atom stereocenters. The highest BCUT2D eigenvalue weighted by Gasteiger charge is 2.36. The van der Waals surface area contributed by atoms with Gasteiger partial charge in [-0.2, -0.15) is 13.2 Å². The van der Waals surface area contributed by atoms with Crippen molar-refractivity contribution >= 4 is 11.0 Å². The standard InChI is InChI=1S/C13H15F3N4O/c14-13(15,16)10-5-9-11(18-7-19-12(9)21)20(10)6-8-1-3-17-4-2-8/h5,7-8,17H,1-4,6H2,(H,18,19,21). The number of hydrogen-bond acceptors (Lipinski definition) is 3. The number of rotatable bonds is 2. The van der Waals surface area contributed by atoms with Gasteiger partial charge < -0.3 is 14.9 Å². The molecule has 0 radical (unpaired) electrons. The molecule has 1 aliphatic rings. The molecule has 8 heteroatoms. The van der Waals surface area contributed by atoms with Crippen molar-refractivity contribution in [1.29, 1.82) is 0 Å². The maximum Gasteiger partial charge on any atom is 0.431 e. The lowest BCUT2D eigenvalue weighted by molar-refractivity contribution is -0.143. The van der Waals surface area contributed by atoms with Crippen LogP contribution in [0.2, 0.25) is 0 Å². The van der Waals surface area contributed by atoms with E-state index in [0.717, 1.165) is 42.9 Å². The normalized spacial score (nSPS) is 17.5. The number of aromatic amines is 1. The first-order valence-corrected chi connectivity index (χ1v) is 6.81. The van der Waals surface area contributed by atoms with Crippen LogP contribution in [-0.2, 0) is 12.7 Å². The molecule has 1 saturated heterocycles. The molecule has 0 amide bonds. The Labute approximate surface area is 118 Å². The quantitative estimate of drug-likeness (QED) is 0.888. The maximum absolute atomic E-state index is 13.2. The average Bonchev–Trinajstić information content (AvgIpc) is 2.80. The van der Waals surface area contributed by atoms with E-state index in [1.54, 1.807) is 0 Å². The predicted molar refractivity (Wildman–Crippen MR) is 70.9 cm³/mol. The van der Waals surface area contributed by atoms with Gasteiger partial charge in [0.25, 0.3) is 5.56 Å². The van der Waals surface area contributed by atoms with Crippen LogP contribution >= 0.6 is 0 Å². The molecule has 3 heterocycles. The van der Waals surface area contributed by atoms with Crippen LogP contribution in [0.15, 0.2) is 17.2 Å². The van der Waals surface area contributed by atoms with Crippen LogP contribution in [0, 0.1) is 5.92 Å². The summed E-state index contributed by atoms with van der Waals surface area (Å²) in [6.45, 7) is 1.84. The molecule has 0 saturated carbocycles. The first-order valence-electron chi connectivity index (χ1n) is 6.81. The Bertz CT molecular complexity index is 697. The average molecular weight is 300 g/mol. The molecule has 2 N–H and O–H groups in total. The topological polar surface area (TPSA) is 62.7 Å². The van der Waals surface area contributed by atoms with Crippen LogP contribution < -0.4 is 10.9 Å². The van der Waals surface area contributed by atoms with Crippen molar-refractivity contribution in [1.82, 2.24) is 19.9 Å². The summed E-state index contributed by atoms with van der Waals surface area (Å²) in [4.78, 5) is 17.9. The van der Waals surface area contributed by atoms with Crippen molar-refractivity contribution in [2.24, 2.45) is 5.92 Å². The van der Waals surface area contributed by atoms with Crippen LogP contribution in [0.3, 0.4) is 0 Å². The molecule has 0 aliphatic carbocycles. The van der Waals surface area contributed by atoms with Crippen LogP contribution in [0.1, 0.15) is 18.5 Å². The van der Waals surface area contributed by atoms with Gasteiger partial charge in [-0.1, -0.05) is 0 Å². The fraction of sp³-hybridized carbons (Fsp3) is 0.538. The number of piperidine rings is 1. The van der Waals surface area contributed by atoms with E-state index < -0.39 is 17.4 Å². The number of aromatic nitrogens is 3. The summed E-state index contributed by atoms with van der Waals surface area (Å²) in [5.74, 6) is 0.157. The molecule has 1 fully saturated rings. The Morgan fingerprint density at radius 2 is 2.05 bits per heavy atom. The Hall–Kier alpha value is -1.83. The molecule has 114 valence electrons. The molecule has 2 aromatic rings. The van der Waals surface area contributed by atoms with Crippen LogP contribution in [0.4, 0.5) is 13.2 Å². The molecule has 0 bridgehead atoms. The summed E-state index contributed by atoms with van der Waals surface area (Å²) in [6.07, 6.45) is -1.72. The van der Waals surface area contributed by atoms with Gasteiger partial charge in [0.15, 0.2) is 0 Å². The van der Waals surface area contributed by atoms with Gasteiger partial charge in [-0.25, -0.2) is 4.98 Å². The first kappa shape index (κ1) is 14.1. The zero-order valence-electron chi connectivity index (χ0n) is 11.2. The summed E-state index contributed by atoms with van der Waals surface area (Å²) in [7, 11) is 0. The summed E-state index contributed by atoms with van der Waals surface area (Å²) in [5, 5.41) is 3.17. The zero-order chi connectivity index (χ0) is 15.0. The van der Waals surface area contributed by atoms with Gasteiger partial charge >= 0.3 is 6.18 Å². The van der Waals surface area contributed by atoms with Crippen molar-refractivity contribution in [3.63, 3.8) is 0 Å². The molecule has 5 nitrogen and oxygen atoms in total. The van der Waals surface area contributed by atoms with Gasteiger partial charge in [0.2, 0.25) is 0 Å². The molecule has 0 aromatic carbocycles. The van der Waals surface area contributed by atoms with E-state index in [-0.39, 0.29) is 23.5 Å². The molecule has 2 aromatic heterocycles. The van der Waals surface area contributed by atoms with Crippen LogP contribution in [-0.4, -0.2) is 27.6 Å². The third-order valence-electron chi connectivity index (χ3n) is 3.89. The SMILES string of the molecule is O=c1[nH]cnc2c1cc(C(F)(F)F)n2CC1CCNCC1. The van der Waals surface area contributed by atoms with Crippen molar-refractivity contribution in [2.45, 2.75) is 25.6 Å². The van der Waals surface area contributed by atoms with E-state index in [0.29, 0.717) is 0 Å². The van der Waals surface area contributed by atoms with Crippen molar-refractivity contribution in [2.75, 3.05) is 13.1 Å². The third kappa shape index (κ3) is 2.67. The number of H-pyrrole nitrogens is 1. The smallest absolute Gasteiger partial charge is 0.321 e. The van der Waals surface area contributed by atoms with Gasteiger partial charge in [-0.05, 0) is 37.9 Å². The lowest BCUT2D eigenvalue weighted by atomic mass is 9.98. The van der Waals surface area contributed by atoms with Crippen LogP contribution in [0.25, 0.3) is 11.0 Å². The van der Waals surface area contributed by atoms with Gasteiger partial charge in [0, 0.05) is 6.54 Å². The monoisotopic (exact) mass is 300 g/mol. The minimum absolute atomic E-state index is 0.0150. The van der Waals surface area contributed by atoms with E-state index >= 15 is 0 Å². The second-order valence-electron chi connectivity index (χ2n) is 5.30. The van der Waals surface area contributed by atoms with Gasteiger partial charge in [0.1, 0.15) is 11.3 Å². The molecular weight excluding hydrogens is 285 g/mol. The lowest BCUT2D eigenvalue weighted by Crippen LogP contribution is -2.30. The van der Waals surface area contributed by atoms with Crippen molar-refractivity contribution in [3.05, 3.63) is 28.4 Å². The summed E-state index contributed by atoms with van der Waals surface area (Å²) < 4.78 is 40.7. The third-order valence-corrected chi connectivity index (χ3v) is 3.89.